The monoisotopic (exact) mass is 510 g/mol. The zero-order chi connectivity index (χ0) is 19.8. The molecule has 3 rings (SSSR count). The molecule has 0 aliphatic carbocycles. The number of anilines is 1. The van der Waals surface area contributed by atoms with Crippen LogP contribution in [0.5, 0.6) is 0 Å². The first-order chi connectivity index (χ1) is 13.6. The van der Waals surface area contributed by atoms with Crippen molar-refractivity contribution < 1.29 is 4.79 Å². The molecule has 2 heterocycles. The molecular weight excluding hydrogens is 479 g/mol. The second kappa shape index (κ2) is 11.8. The van der Waals surface area contributed by atoms with E-state index >= 15 is 0 Å². The van der Waals surface area contributed by atoms with Crippen LogP contribution < -0.4 is 10.6 Å². The molecule has 0 bridgehead atoms. The van der Waals surface area contributed by atoms with Crippen LogP contribution in [0.3, 0.4) is 0 Å². The minimum atomic E-state index is -0.0971. The molecule has 0 spiro atoms. The summed E-state index contributed by atoms with van der Waals surface area (Å²) in [7, 11) is 0. The van der Waals surface area contributed by atoms with Gasteiger partial charge in [-0.15, -0.1) is 24.0 Å². The first-order valence-corrected chi connectivity index (χ1v) is 10.0. The number of amides is 1. The van der Waals surface area contributed by atoms with E-state index < -0.39 is 0 Å². The zero-order valence-electron chi connectivity index (χ0n) is 17.2. The van der Waals surface area contributed by atoms with Crippen LogP contribution in [-0.2, 0) is 17.9 Å². The van der Waals surface area contributed by atoms with Crippen molar-refractivity contribution in [1.82, 2.24) is 20.0 Å². The number of likely N-dealkylation sites (tertiary alicyclic amines) is 1. The van der Waals surface area contributed by atoms with Crippen molar-refractivity contribution >= 4 is 41.5 Å². The van der Waals surface area contributed by atoms with E-state index in [-0.39, 0.29) is 36.4 Å². The van der Waals surface area contributed by atoms with Gasteiger partial charge in [0.05, 0.1) is 6.54 Å². The van der Waals surface area contributed by atoms with Gasteiger partial charge < -0.3 is 15.5 Å². The van der Waals surface area contributed by atoms with Gasteiger partial charge in [0, 0.05) is 37.7 Å². The minimum absolute atomic E-state index is 0. The number of halogens is 1. The fraction of sp³-hybridized carbons (Fsp3) is 0.476. The number of benzene rings is 1. The van der Waals surface area contributed by atoms with Gasteiger partial charge in [-0.1, -0.05) is 19.1 Å². The third kappa shape index (κ3) is 7.34. The Labute approximate surface area is 190 Å². The molecule has 1 saturated heterocycles. The predicted molar refractivity (Wildman–Crippen MR) is 128 cm³/mol. The van der Waals surface area contributed by atoms with Gasteiger partial charge in [-0.25, -0.2) is 4.99 Å². The minimum Gasteiger partial charge on any atom is -0.357 e. The summed E-state index contributed by atoms with van der Waals surface area (Å²) in [5.74, 6) is 1.67. The van der Waals surface area contributed by atoms with Gasteiger partial charge in [-0.05, 0) is 49.4 Å². The first-order valence-electron chi connectivity index (χ1n) is 10.0. The lowest BCUT2D eigenvalue weighted by Gasteiger charge is -2.33. The lowest BCUT2D eigenvalue weighted by atomic mass is 10.00. The number of nitrogens with one attached hydrogen (secondary N) is 2. The molecule has 0 unspecified atom stereocenters. The topological polar surface area (TPSA) is 74.5 Å². The van der Waals surface area contributed by atoms with E-state index in [2.05, 4.69) is 34.5 Å². The number of carbonyl (C=O) groups excluding carboxylic acids is 1. The molecule has 1 amide bonds. The number of rotatable bonds is 6. The van der Waals surface area contributed by atoms with Crippen molar-refractivity contribution in [3.05, 3.63) is 48.3 Å². The molecule has 1 fully saturated rings. The van der Waals surface area contributed by atoms with E-state index in [1.54, 1.807) is 23.1 Å². The lowest BCUT2D eigenvalue weighted by molar-refractivity contribution is -0.116. The number of hydrogen-bond acceptors (Lipinski definition) is 3. The summed E-state index contributed by atoms with van der Waals surface area (Å²) in [5.41, 5.74) is 1.85. The Morgan fingerprint density at radius 1 is 1.28 bits per heavy atom. The quantitative estimate of drug-likeness (QED) is 0.355. The van der Waals surface area contributed by atoms with Crippen molar-refractivity contribution in [2.45, 2.75) is 39.8 Å². The van der Waals surface area contributed by atoms with E-state index in [0.29, 0.717) is 6.54 Å². The van der Waals surface area contributed by atoms with E-state index in [1.165, 1.54) is 12.8 Å². The van der Waals surface area contributed by atoms with Crippen LogP contribution in [0.2, 0.25) is 0 Å². The van der Waals surface area contributed by atoms with Crippen molar-refractivity contribution in [3.63, 3.8) is 0 Å². The van der Waals surface area contributed by atoms with Gasteiger partial charge >= 0.3 is 0 Å². The summed E-state index contributed by atoms with van der Waals surface area (Å²) in [6.45, 7) is 8.15. The van der Waals surface area contributed by atoms with E-state index in [4.69, 9.17) is 4.99 Å². The number of piperidine rings is 1. The summed E-state index contributed by atoms with van der Waals surface area (Å²) in [5, 5.41) is 10.4. The van der Waals surface area contributed by atoms with Crippen molar-refractivity contribution in [1.29, 1.82) is 0 Å². The first kappa shape index (κ1) is 23.2. The number of hydrogen-bond donors (Lipinski definition) is 2. The number of nitrogens with zero attached hydrogens (tertiary/aromatic N) is 4. The number of guanidine groups is 1. The van der Waals surface area contributed by atoms with Crippen LogP contribution in [0, 0.1) is 5.92 Å². The van der Waals surface area contributed by atoms with Crippen LogP contribution in [0.15, 0.2) is 47.7 Å². The Bertz CT molecular complexity index is 784. The van der Waals surface area contributed by atoms with Gasteiger partial charge in [-0.2, -0.15) is 5.10 Å². The Morgan fingerprint density at radius 2 is 2.07 bits per heavy atom. The molecule has 2 N–H and O–H groups in total. The number of aromatic nitrogens is 2. The molecule has 1 aromatic heterocycles. The predicted octanol–water partition coefficient (Wildman–Crippen LogP) is 3.34. The van der Waals surface area contributed by atoms with Crippen LogP contribution >= 0.6 is 24.0 Å². The third-order valence-corrected chi connectivity index (χ3v) is 4.90. The Morgan fingerprint density at radius 3 is 2.76 bits per heavy atom. The van der Waals surface area contributed by atoms with E-state index in [1.807, 2.05) is 24.3 Å². The standard InChI is InChI=1S/C21H30N6O.HI/c1-3-22-21(26-12-8-17(2)9-13-26)23-15-18-6-4-7-19(14-18)25-20(28)16-27-11-5-10-24-27;/h4-7,10-11,14,17H,3,8-9,12-13,15-16H2,1-2H3,(H,22,23)(H,25,28);1H. The molecule has 0 atom stereocenters. The van der Waals surface area contributed by atoms with Crippen molar-refractivity contribution in [3.8, 4) is 0 Å². The summed E-state index contributed by atoms with van der Waals surface area (Å²) in [6.07, 6.45) is 5.86. The Hall–Kier alpha value is -2.10. The maximum absolute atomic E-state index is 12.2. The van der Waals surface area contributed by atoms with E-state index in [9.17, 15) is 4.79 Å². The van der Waals surface area contributed by atoms with E-state index in [0.717, 1.165) is 42.8 Å². The number of carbonyl (C=O) groups is 1. The molecule has 1 aliphatic rings. The SMILES string of the molecule is CCNC(=NCc1cccc(NC(=O)Cn2cccn2)c1)N1CCC(C)CC1.I. The Kier molecular flexibility index (Phi) is 9.43. The highest BCUT2D eigenvalue weighted by molar-refractivity contribution is 14.0. The van der Waals surface area contributed by atoms with Crippen LogP contribution in [0.1, 0.15) is 32.3 Å². The fourth-order valence-corrected chi connectivity index (χ4v) is 3.30. The molecule has 0 radical (unpaired) electrons. The molecule has 8 heteroatoms. The van der Waals surface area contributed by atoms with Crippen molar-refractivity contribution in [2.24, 2.45) is 10.9 Å². The van der Waals surface area contributed by atoms with Gasteiger partial charge in [0.25, 0.3) is 0 Å². The summed E-state index contributed by atoms with van der Waals surface area (Å²) in [4.78, 5) is 19.3. The molecule has 158 valence electrons. The molecular formula is C21H31IN6O. The van der Waals surface area contributed by atoms with Gasteiger partial charge in [0.1, 0.15) is 6.54 Å². The second-order valence-corrected chi connectivity index (χ2v) is 7.29. The Balaban J connectivity index is 0.00000300. The molecule has 2 aromatic rings. The van der Waals surface area contributed by atoms with Gasteiger partial charge in [0.15, 0.2) is 5.96 Å². The summed E-state index contributed by atoms with van der Waals surface area (Å²) < 4.78 is 1.60. The zero-order valence-corrected chi connectivity index (χ0v) is 19.5. The van der Waals surface area contributed by atoms with Gasteiger partial charge in [0.2, 0.25) is 5.91 Å². The summed E-state index contributed by atoms with van der Waals surface area (Å²) in [6, 6.07) is 9.66. The smallest absolute Gasteiger partial charge is 0.246 e. The molecule has 7 nitrogen and oxygen atoms in total. The van der Waals surface area contributed by atoms with Crippen LogP contribution in [0.25, 0.3) is 0 Å². The molecule has 29 heavy (non-hydrogen) atoms. The second-order valence-electron chi connectivity index (χ2n) is 7.29. The van der Waals surface area contributed by atoms with Gasteiger partial charge in [-0.3, -0.25) is 9.48 Å². The maximum atomic E-state index is 12.2. The lowest BCUT2D eigenvalue weighted by Crippen LogP contribution is -2.45. The highest BCUT2D eigenvalue weighted by atomic mass is 127. The fourth-order valence-electron chi connectivity index (χ4n) is 3.30. The molecule has 0 saturated carbocycles. The van der Waals surface area contributed by atoms with Crippen molar-refractivity contribution in [2.75, 3.05) is 25.0 Å². The molecule has 1 aliphatic heterocycles. The normalized spacial score (nSPS) is 15.0. The molecule has 1 aromatic carbocycles. The number of aliphatic imine (C=N–C) groups is 1. The average molecular weight is 510 g/mol. The largest absolute Gasteiger partial charge is 0.357 e. The third-order valence-electron chi connectivity index (χ3n) is 4.90. The van der Waals surface area contributed by atoms with Crippen LogP contribution in [0.4, 0.5) is 5.69 Å². The van der Waals surface area contributed by atoms with Crippen LogP contribution in [-0.4, -0.2) is 46.2 Å². The highest BCUT2D eigenvalue weighted by Gasteiger charge is 2.18. The average Bonchev–Trinajstić information content (AvgIpc) is 3.19. The summed E-state index contributed by atoms with van der Waals surface area (Å²) >= 11 is 0. The maximum Gasteiger partial charge on any atom is 0.246 e. The highest BCUT2D eigenvalue weighted by Crippen LogP contribution is 2.17.